The molecule has 1 N–H and O–H groups in total. The molecule has 2 nitrogen and oxygen atoms in total. The summed E-state index contributed by atoms with van der Waals surface area (Å²) in [5, 5.41) is 3.72. The molecule has 0 aromatic carbocycles. The van der Waals surface area contributed by atoms with E-state index in [1.54, 1.807) is 0 Å². The van der Waals surface area contributed by atoms with Crippen LogP contribution in [0.15, 0.2) is 24.5 Å². The number of hydrogen-bond acceptors (Lipinski definition) is 2. The van der Waals surface area contributed by atoms with Gasteiger partial charge in [0, 0.05) is 18.4 Å². The van der Waals surface area contributed by atoms with Crippen LogP contribution in [0.3, 0.4) is 0 Å². The van der Waals surface area contributed by atoms with Gasteiger partial charge in [0.05, 0.1) is 5.69 Å². The molecule has 3 aliphatic rings. The lowest BCUT2D eigenvalue weighted by atomic mass is 9.79. The van der Waals surface area contributed by atoms with Crippen molar-refractivity contribution in [2.45, 2.75) is 38.1 Å². The molecule has 2 heteroatoms. The van der Waals surface area contributed by atoms with Crippen molar-refractivity contribution in [3.8, 4) is 0 Å². The quantitative estimate of drug-likeness (QED) is 0.840. The smallest absolute Gasteiger partial charge is 0.0528 e. The maximum atomic E-state index is 4.19. The third kappa shape index (κ3) is 1.50. The maximum Gasteiger partial charge on any atom is 0.0528 e. The molecule has 5 unspecified atom stereocenters. The van der Waals surface area contributed by atoms with Crippen LogP contribution in [0.2, 0.25) is 0 Å². The van der Waals surface area contributed by atoms with Crippen LogP contribution < -0.4 is 5.32 Å². The standard InChI is InChI=1S/C15H20N2/c1-4-12-10-7-14(13(12)5-1)15(8-10)17-11-3-2-6-16-9-11/h2-3,6,9-10,12-15,17H,1,4-5,7-8H2. The molecule has 4 rings (SSSR count). The average molecular weight is 228 g/mol. The van der Waals surface area contributed by atoms with Crippen LogP contribution in [0.1, 0.15) is 32.1 Å². The van der Waals surface area contributed by atoms with E-state index in [2.05, 4.69) is 16.4 Å². The van der Waals surface area contributed by atoms with E-state index in [1.807, 2.05) is 18.5 Å². The van der Waals surface area contributed by atoms with Crippen molar-refractivity contribution in [3.63, 3.8) is 0 Å². The second-order valence-electron chi connectivity index (χ2n) is 6.15. The summed E-state index contributed by atoms with van der Waals surface area (Å²) >= 11 is 0. The van der Waals surface area contributed by atoms with Gasteiger partial charge >= 0.3 is 0 Å². The molecule has 3 fully saturated rings. The molecule has 17 heavy (non-hydrogen) atoms. The fourth-order valence-corrected chi connectivity index (χ4v) is 4.90. The van der Waals surface area contributed by atoms with Gasteiger partial charge in [0.2, 0.25) is 0 Å². The topological polar surface area (TPSA) is 24.9 Å². The highest BCUT2D eigenvalue weighted by atomic mass is 15.0. The van der Waals surface area contributed by atoms with Crippen molar-refractivity contribution >= 4 is 5.69 Å². The van der Waals surface area contributed by atoms with Crippen LogP contribution in [0.25, 0.3) is 0 Å². The first-order valence-electron chi connectivity index (χ1n) is 7.08. The van der Waals surface area contributed by atoms with Gasteiger partial charge in [-0.1, -0.05) is 6.42 Å². The van der Waals surface area contributed by atoms with E-state index in [0.29, 0.717) is 0 Å². The highest BCUT2D eigenvalue weighted by molar-refractivity contribution is 5.41. The first-order chi connectivity index (χ1) is 8.42. The van der Waals surface area contributed by atoms with Crippen LogP contribution in [0.4, 0.5) is 5.69 Å². The molecule has 3 aliphatic carbocycles. The molecule has 2 bridgehead atoms. The zero-order valence-electron chi connectivity index (χ0n) is 10.2. The molecule has 1 aromatic rings. The molecule has 0 spiro atoms. The predicted molar refractivity (Wildman–Crippen MR) is 68.7 cm³/mol. The highest BCUT2D eigenvalue weighted by Crippen LogP contribution is 2.59. The van der Waals surface area contributed by atoms with Gasteiger partial charge in [0.25, 0.3) is 0 Å². The minimum absolute atomic E-state index is 0.726. The summed E-state index contributed by atoms with van der Waals surface area (Å²) in [6.07, 6.45) is 11.2. The SMILES string of the molecule is c1cncc(NC2CC3CC2C2CCCC32)c1. The van der Waals surface area contributed by atoms with Crippen LogP contribution >= 0.6 is 0 Å². The van der Waals surface area contributed by atoms with Gasteiger partial charge in [0.1, 0.15) is 0 Å². The molecule has 90 valence electrons. The number of nitrogens with one attached hydrogen (secondary N) is 1. The number of hydrogen-bond donors (Lipinski definition) is 1. The van der Waals surface area contributed by atoms with Crippen molar-refractivity contribution in [2.24, 2.45) is 23.7 Å². The summed E-state index contributed by atoms with van der Waals surface area (Å²) in [5.74, 6) is 4.12. The van der Waals surface area contributed by atoms with Crippen molar-refractivity contribution in [2.75, 3.05) is 5.32 Å². The Morgan fingerprint density at radius 2 is 2.06 bits per heavy atom. The lowest BCUT2D eigenvalue weighted by Crippen LogP contribution is -2.33. The summed E-state index contributed by atoms with van der Waals surface area (Å²) < 4.78 is 0. The van der Waals surface area contributed by atoms with Crippen molar-refractivity contribution < 1.29 is 0 Å². The molecule has 0 saturated heterocycles. The average Bonchev–Trinajstić information content (AvgIpc) is 3.01. The second kappa shape index (κ2) is 3.72. The molecule has 3 saturated carbocycles. The molecular weight excluding hydrogens is 208 g/mol. The van der Waals surface area contributed by atoms with Gasteiger partial charge in [-0.05, 0) is 61.5 Å². The Morgan fingerprint density at radius 1 is 1.12 bits per heavy atom. The number of pyridine rings is 1. The van der Waals surface area contributed by atoms with E-state index in [1.165, 1.54) is 37.8 Å². The highest BCUT2D eigenvalue weighted by Gasteiger charge is 2.53. The Labute approximate surface area is 103 Å². The predicted octanol–water partition coefficient (Wildman–Crippen LogP) is 3.32. The number of anilines is 1. The van der Waals surface area contributed by atoms with Gasteiger partial charge < -0.3 is 5.32 Å². The third-order valence-electron chi connectivity index (χ3n) is 5.44. The monoisotopic (exact) mass is 228 g/mol. The largest absolute Gasteiger partial charge is 0.381 e. The molecule has 0 aliphatic heterocycles. The normalized spacial score (nSPS) is 42.7. The van der Waals surface area contributed by atoms with Gasteiger partial charge in [-0.2, -0.15) is 0 Å². The zero-order valence-corrected chi connectivity index (χ0v) is 10.2. The van der Waals surface area contributed by atoms with Gasteiger partial charge in [-0.3, -0.25) is 4.98 Å². The van der Waals surface area contributed by atoms with Gasteiger partial charge in [0.15, 0.2) is 0 Å². The number of nitrogens with zero attached hydrogens (tertiary/aromatic N) is 1. The molecule has 0 amide bonds. The van der Waals surface area contributed by atoms with E-state index >= 15 is 0 Å². The van der Waals surface area contributed by atoms with E-state index in [-0.39, 0.29) is 0 Å². The lowest BCUT2D eigenvalue weighted by molar-refractivity contribution is 0.243. The molecular formula is C15H20N2. The molecule has 1 heterocycles. The Bertz CT molecular complexity index is 403. The minimum atomic E-state index is 0.726. The number of rotatable bonds is 2. The summed E-state index contributed by atoms with van der Waals surface area (Å²) in [5.41, 5.74) is 1.21. The number of aromatic nitrogens is 1. The summed E-state index contributed by atoms with van der Waals surface area (Å²) in [6.45, 7) is 0. The van der Waals surface area contributed by atoms with Crippen LogP contribution in [-0.4, -0.2) is 11.0 Å². The van der Waals surface area contributed by atoms with Crippen molar-refractivity contribution in [1.29, 1.82) is 0 Å². The Balaban J connectivity index is 1.51. The zero-order chi connectivity index (χ0) is 11.2. The Hall–Kier alpha value is -1.05. The number of fused-ring (bicyclic) bond motifs is 5. The maximum absolute atomic E-state index is 4.19. The van der Waals surface area contributed by atoms with Gasteiger partial charge in [-0.15, -0.1) is 0 Å². The summed E-state index contributed by atoms with van der Waals surface area (Å²) in [6, 6.07) is 4.89. The van der Waals surface area contributed by atoms with Gasteiger partial charge in [-0.25, -0.2) is 0 Å². The van der Waals surface area contributed by atoms with Crippen molar-refractivity contribution in [1.82, 2.24) is 4.98 Å². The fourth-order valence-electron chi connectivity index (χ4n) is 4.90. The van der Waals surface area contributed by atoms with Crippen LogP contribution in [0, 0.1) is 23.7 Å². The first kappa shape index (κ1) is 9.93. The first-order valence-corrected chi connectivity index (χ1v) is 7.08. The summed E-state index contributed by atoms with van der Waals surface area (Å²) in [7, 11) is 0. The molecule has 0 radical (unpaired) electrons. The second-order valence-corrected chi connectivity index (χ2v) is 6.15. The third-order valence-corrected chi connectivity index (χ3v) is 5.44. The van der Waals surface area contributed by atoms with E-state index in [4.69, 9.17) is 0 Å². The Morgan fingerprint density at radius 3 is 2.94 bits per heavy atom. The van der Waals surface area contributed by atoms with E-state index < -0.39 is 0 Å². The van der Waals surface area contributed by atoms with Crippen molar-refractivity contribution in [3.05, 3.63) is 24.5 Å². The van der Waals surface area contributed by atoms with E-state index in [9.17, 15) is 0 Å². The van der Waals surface area contributed by atoms with E-state index in [0.717, 1.165) is 29.7 Å². The Kier molecular flexibility index (Phi) is 2.17. The summed E-state index contributed by atoms with van der Waals surface area (Å²) in [4.78, 5) is 4.19. The molecule has 1 aromatic heterocycles. The van der Waals surface area contributed by atoms with Crippen LogP contribution in [-0.2, 0) is 0 Å². The van der Waals surface area contributed by atoms with Crippen LogP contribution in [0.5, 0.6) is 0 Å². The minimum Gasteiger partial charge on any atom is -0.381 e. The molecule has 5 atom stereocenters. The fraction of sp³-hybridized carbons (Fsp3) is 0.667. The lowest BCUT2D eigenvalue weighted by Gasteiger charge is -2.32.